The van der Waals surface area contributed by atoms with Crippen LogP contribution < -0.4 is 5.32 Å². The number of hydrogen-bond donors (Lipinski definition) is 1. The third kappa shape index (κ3) is 2.32. The standard InChI is InChI=1S/C10H16N2OS/c1-2-13-6-4-10-12-8-3-5-11-7-9(8)14-10/h11H,2-7H2,1H3. The summed E-state index contributed by atoms with van der Waals surface area (Å²) < 4.78 is 5.32. The topological polar surface area (TPSA) is 34.1 Å². The fourth-order valence-corrected chi connectivity index (χ4v) is 2.66. The van der Waals surface area contributed by atoms with Gasteiger partial charge in [0.1, 0.15) is 0 Å². The Hall–Kier alpha value is -0.450. The van der Waals surface area contributed by atoms with Gasteiger partial charge in [-0.15, -0.1) is 11.3 Å². The van der Waals surface area contributed by atoms with Gasteiger partial charge in [-0.1, -0.05) is 0 Å². The van der Waals surface area contributed by atoms with Gasteiger partial charge in [-0.05, 0) is 6.92 Å². The van der Waals surface area contributed by atoms with Crippen LogP contribution >= 0.6 is 11.3 Å². The van der Waals surface area contributed by atoms with Crippen molar-refractivity contribution < 1.29 is 4.74 Å². The summed E-state index contributed by atoms with van der Waals surface area (Å²) in [4.78, 5) is 6.04. The Kier molecular flexibility index (Phi) is 3.50. The van der Waals surface area contributed by atoms with E-state index in [9.17, 15) is 0 Å². The van der Waals surface area contributed by atoms with E-state index in [1.165, 1.54) is 15.6 Å². The predicted molar refractivity (Wildman–Crippen MR) is 57.7 cm³/mol. The van der Waals surface area contributed by atoms with Crippen molar-refractivity contribution in [3.05, 3.63) is 15.6 Å². The smallest absolute Gasteiger partial charge is 0.0954 e. The molecule has 1 aromatic rings. The first-order chi connectivity index (χ1) is 6.90. The molecule has 0 amide bonds. The second kappa shape index (κ2) is 4.87. The first-order valence-electron chi connectivity index (χ1n) is 5.16. The minimum atomic E-state index is 0.798. The van der Waals surface area contributed by atoms with Crippen molar-refractivity contribution in [1.29, 1.82) is 0 Å². The quantitative estimate of drug-likeness (QED) is 0.765. The average Bonchev–Trinajstić information content (AvgIpc) is 2.60. The molecule has 0 aromatic carbocycles. The van der Waals surface area contributed by atoms with Crippen molar-refractivity contribution in [2.24, 2.45) is 0 Å². The van der Waals surface area contributed by atoms with Gasteiger partial charge in [-0.2, -0.15) is 0 Å². The highest BCUT2D eigenvalue weighted by molar-refractivity contribution is 7.11. The molecule has 0 bridgehead atoms. The van der Waals surface area contributed by atoms with Crippen molar-refractivity contribution >= 4 is 11.3 Å². The summed E-state index contributed by atoms with van der Waals surface area (Å²) in [6, 6.07) is 0. The van der Waals surface area contributed by atoms with Crippen LogP contribution in [-0.4, -0.2) is 24.7 Å². The molecule has 2 rings (SSSR count). The van der Waals surface area contributed by atoms with Crippen LogP contribution in [-0.2, 0) is 24.1 Å². The third-order valence-electron chi connectivity index (χ3n) is 2.31. The van der Waals surface area contributed by atoms with Gasteiger partial charge in [0.05, 0.1) is 17.3 Å². The molecule has 1 aliphatic heterocycles. The number of nitrogens with zero attached hydrogens (tertiary/aromatic N) is 1. The zero-order valence-electron chi connectivity index (χ0n) is 8.51. The molecule has 0 fully saturated rings. The summed E-state index contributed by atoms with van der Waals surface area (Å²) in [6.07, 6.45) is 2.05. The van der Waals surface area contributed by atoms with Crippen LogP contribution in [0, 0.1) is 0 Å². The highest BCUT2D eigenvalue weighted by atomic mass is 32.1. The predicted octanol–water partition coefficient (Wildman–Crippen LogP) is 1.37. The first-order valence-corrected chi connectivity index (χ1v) is 5.97. The minimum Gasteiger partial charge on any atom is -0.381 e. The van der Waals surface area contributed by atoms with E-state index in [4.69, 9.17) is 4.74 Å². The Bertz CT molecular complexity index is 275. The Balaban J connectivity index is 1.94. The monoisotopic (exact) mass is 212 g/mol. The number of hydrogen-bond acceptors (Lipinski definition) is 4. The Morgan fingerprint density at radius 1 is 1.57 bits per heavy atom. The van der Waals surface area contributed by atoms with E-state index in [-0.39, 0.29) is 0 Å². The number of aromatic nitrogens is 1. The van der Waals surface area contributed by atoms with Crippen LogP contribution in [0.4, 0.5) is 0 Å². The van der Waals surface area contributed by atoms with Crippen LogP contribution in [0.15, 0.2) is 0 Å². The Morgan fingerprint density at radius 3 is 3.29 bits per heavy atom. The normalized spacial score (nSPS) is 15.5. The fourth-order valence-electron chi connectivity index (χ4n) is 1.59. The molecule has 0 unspecified atom stereocenters. The summed E-state index contributed by atoms with van der Waals surface area (Å²) >= 11 is 1.83. The lowest BCUT2D eigenvalue weighted by Crippen LogP contribution is -2.22. The molecule has 0 saturated heterocycles. The molecule has 0 saturated carbocycles. The first kappa shape index (κ1) is 10.1. The molecule has 78 valence electrons. The largest absolute Gasteiger partial charge is 0.381 e. The van der Waals surface area contributed by atoms with E-state index in [2.05, 4.69) is 10.3 Å². The molecule has 4 heteroatoms. The van der Waals surface area contributed by atoms with Crippen molar-refractivity contribution in [3.8, 4) is 0 Å². The summed E-state index contributed by atoms with van der Waals surface area (Å²) in [6.45, 7) is 5.70. The summed E-state index contributed by atoms with van der Waals surface area (Å²) in [5, 5.41) is 4.59. The number of thiazole rings is 1. The van der Waals surface area contributed by atoms with Gasteiger partial charge in [-0.25, -0.2) is 4.98 Å². The highest BCUT2D eigenvalue weighted by Gasteiger charge is 2.13. The second-order valence-corrected chi connectivity index (χ2v) is 4.52. The van der Waals surface area contributed by atoms with E-state index in [0.717, 1.165) is 39.1 Å². The van der Waals surface area contributed by atoms with Crippen LogP contribution in [0.3, 0.4) is 0 Å². The lowest BCUT2D eigenvalue weighted by Gasteiger charge is -2.09. The zero-order valence-corrected chi connectivity index (χ0v) is 9.32. The molecule has 1 aliphatic rings. The van der Waals surface area contributed by atoms with Crippen molar-refractivity contribution in [3.63, 3.8) is 0 Å². The number of fused-ring (bicyclic) bond motifs is 1. The summed E-state index contributed by atoms with van der Waals surface area (Å²) in [5.74, 6) is 0. The van der Waals surface area contributed by atoms with E-state index in [0.29, 0.717) is 0 Å². The Labute approximate surface area is 88.5 Å². The molecular weight excluding hydrogens is 196 g/mol. The van der Waals surface area contributed by atoms with Crippen LogP contribution in [0.1, 0.15) is 22.5 Å². The molecule has 14 heavy (non-hydrogen) atoms. The number of ether oxygens (including phenoxy) is 1. The van der Waals surface area contributed by atoms with Crippen molar-refractivity contribution in [2.75, 3.05) is 19.8 Å². The minimum absolute atomic E-state index is 0.798. The van der Waals surface area contributed by atoms with E-state index < -0.39 is 0 Å². The van der Waals surface area contributed by atoms with E-state index in [1.54, 1.807) is 0 Å². The van der Waals surface area contributed by atoms with E-state index >= 15 is 0 Å². The second-order valence-electron chi connectivity index (χ2n) is 3.35. The Morgan fingerprint density at radius 2 is 2.50 bits per heavy atom. The lowest BCUT2D eigenvalue weighted by atomic mass is 10.2. The molecule has 0 spiro atoms. The zero-order chi connectivity index (χ0) is 9.80. The van der Waals surface area contributed by atoms with Crippen LogP contribution in [0.25, 0.3) is 0 Å². The van der Waals surface area contributed by atoms with Crippen LogP contribution in [0.2, 0.25) is 0 Å². The maximum atomic E-state index is 5.32. The summed E-state index contributed by atoms with van der Waals surface area (Å²) in [5.41, 5.74) is 1.31. The average molecular weight is 212 g/mol. The molecule has 0 radical (unpaired) electrons. The highest BCUT2D eigenvalue weighted by Crippen LogP contribution is 2.21. The maximum Gasteiger partial charge on any atom is 0.0954 e. The summed E-state index contributed by atoms with van der Waals surface area (Å²) in [7, 11) is 0. The van der Waals surface area contributed by atoms with E-state index in [1.807, 2.05) is 18.3 Å². The van der Waals surface area contributed by atoms with Crippen LogP contribution in [0.5, 0.6) is 0 Å². The van der Waals surface area contributed by atoms with Gasteiger partial charge in [-0.3, -0.25) is 0 Å². The SMILES string of the molecule is CCOCCc1nc2c(s1)CNCC2. The fraction of sp³-hybridized carbons (Fsp3) is 0.700. The van der Waals surface area contributed by atoms with Crippen molar-refractivity contribution in [2.45, 2.75) is 26.3 Å². The third-order valence-corrected chi connectivity index (χ3v) is 3.47. The van der Waals surface area contributed by atoms with Gasteiger partial charge in [0.2, 0.25) is 0 Å². The number of rotatable bonds is 4. The molecule has 0 aliphatic carbocycles. The van der Waals surface area contributed by atoms with Gasteiger partial charge in [0.15, 0.2) is 0 Å². The van der Waals surface area contributed by atoms with Gasteiger partial charge < -0.3 is 10.1 Å². The molecular formula is C10H16N2OS. The molecule has 1 N–H and O–H groups in total. The number of nitrogens with one attached hydrogen (secondary N) is 1. The molecule has 0 atom stereocenters. The molecule has 1 aromatic heterocycles. The lowest BCUT2D eigenvalue weighted by molar-refractivity contribution is 0.151. The van der Waals surface area contributed by atoms with Gasteiger partial charge in [0.25, 0.3) is 0 Å². The molecule has 2 heterocycles. The van der Waals surface area contributed by atoms with Gasteiger partial charge in [0, 0.05) is 37.4 Å². The maximum absolute atomic E-state index is 5.32. The van der Waals surface area contributed by atoms with Crippen molar-refractivity contribution in [1.82, 2.24) is 10.3 Å². The van der Waals surface area contributed by atoms with Gasteiger partial charge >= 0.3 is 0 Å². The molecule has 3 nitrogen and oxygen atoms in total.